The molecule has 1 aliphatic rings. The Morgan fingerprint density at radius 3 is 2.14 bits per heavy atom. The number of carbonyl (C=O) groups excluding carboxylic acids is 1. The van der Waals surface area contributed by atoms with Crippen LogP contribution in [0.1, 0.15) is 139 Å². The predicted molar refractivity (Wildman–Crippen MR) is 204 cm³/mol. The minimum Gasteiger partial charge on any atom is -0.392 e. The van der Waals surface area contributed by atoms with Gasteiger partial charge in [0.1, 0.15) is 0 Å². The van der Waals surface area contributed by atoms with Crippen molar-refractivity contribution in [2.24, 2.45) is 5.92 Å². The molecule has 1 aliphatic heterocycles. The van der Waals surface area contributed by atoms with Crippen LogP contribution in [0.4, 0.5) is 5.69 Å². The van der Waals surface area contributed by atoms with E-state index in [9.17, 15) is 9.90 Å². The van der Waals surface area contributed by atoms with Crippen molar-refractivity contribution in [3.8, 4) is 0 Å². The van der Waals surface area contributed by atoms with E-state index < -0.39 is 6.29 Å². The maximum Gasteiger partial charge on any atom is 0.224 e. The van der Waals surface area contributed by atoms with Gasteiger partial charge in [-0.25, -0.2) is 0 Å². The molecule has 0 bridgehead atoms. The van der Waals surface area contributed by atoms with Crippen LogP contribution >= 0.6 is 0 Å². The summed E-state index contributed by atoms with van der Waals surface area (Å²) in [6, 6.07) is 21.9. The number of nitrogens with one attached hydrogen (secondary N) is 1. The SMILES string of the molecule is CCCCCCCCCCCCCCCC(=O)Nc1cccc(C2OC(CN(C)CCc3ccccn3)C(C)C(c3ccc(CO)cc3)O2)c1. The fourth-order valence-electron chi connectivity index (χ4n) is 6.87. The van der Waals surface area contributed by atoms with Crippen molar-refractivity contribution in [1.82, 2.24) is 9.88 Å². The summed E-state index contributed by atoms with van der Waals surface area (Å²) in [4.78, 5) is 19.7. The van der Waals surface area contributed by atoms with Crippen LogP contribution in [0.5, 0.6) is 0 Å². The highest BCUT2D eigenvalue weighted by Crippen LogP contribution is 2.42. The minimum atomic E-state index is -0.583. The Kier molecular flexibility index (Phi) is 18.0. The zero-order chi connectivity index (χ0) is 35.4. The van der Waals surface area contributed by atoms with E-state index in [1.54, 1.807) is 0 Å². The number of aliphatic hydroxyl groups is 1. The summed E-state index contributed by atoms with van der Waals surface area (Å²) < 4.78 is 13.4. The number of unbranched alkanes of at least 4 members (excludes halogenated alkanes) is 12. The second-order valence-electron chi connectivity index (χ2n) is 14.3. The van der Waals surface area contributed by atoms with Gasteiger partial charge in [-0.2, -0.15) is 0 Å². The standard InChI is InChI=1S/C43H63N3O4/c1-4-5-6-7-8-9-10-11-12-13-14-15-16-23-41(48)45-39-22-19-20-37(31-39)43-49-40(32-46(3)30-28-38-21-17-18-29-44-38)34(2)42(50-43)36-26-24-35(33-47)25-27-36/h17-22,24-27,29,31,34,40,42-43,47H,4-16,23,28,30,32-33H2,1-3H3,(H,45,48). The Balaban J connectivity index is 1.27. The highest BCUT2D eigenvalue weighted by molar-refractivity contribution is 5.90. The van der Waals surface area contributed by atoms with Crippen molar-refractivity contribution in [1.29, 1.82) is 0 Å². The summed E-state index contributed by atoms with van der Waals surface area (Å²) in [5.74, 6) is 0.144. The smallest absolute Gasteiger partial charge is 0.224 e. The molecule has 4 atom stereocenters. The Bertz CT molecular complexity index is 1350. The van der Waals surface area contributed by atoms with Gasteiger partial charge in [-0.15, -0.1) is 0 Å². The molecule has 50 heavy (non-hydrogen) atoms. The van der Waals surface area contributed by atoms with Crippen LogP contribution in [-0.4, -0.2) is 47.1 Å². The van der Waals surface area contributed by atoms with Crippen LogP contribution in [0.25, 0.3) is 0 Å². The van der Waals surface area contributed by atoms with Gasteiger partial charge < -0.3 is 24.8 Å². The molecule has 7 nitrogen and oxygen atoms in total. The van der Waals surface area contributed by atoms with Gasteiger partial charge in [0.2, 0.25) is 5.91 Å². The molecule has 1 fully saturated rings. The molecule has 0 spiro atoms. The van der Waals surface area contributed by atoms with Gasteiger partial charge in [0.05, 0.1) is 18.8 Å². The van der Waals surface area contributed by atoms with E-state index in [0.717, 1.165) is 60.4 Å². The number of ether oxygens (including phenoxy) is 2. The summed E-state index contributed by atoms with van der Waals surface area (Å²) in [5, 5.41) is 12.7. The van der Waals surface area contributed by atoms with Gasteiger partial charge in [-0.05, 0) is 48.9 Å². The molecular weight excluding hydrogens is 622 g/mol. The van der Waals surface area contributed by atoms with Crippen LogP contribution in [0.3, 0.4) is 0 Å². The monoisotopic (exact) mass is 685 g/mol. The summed E-state index contributed by atoms with van der Waals surface area (Å²) >= 11 is 0. The number of hydrogen-bond acceptors (Lipinski definition) is 6. The van der Waals surface area contributed by atoms with Crippen molar-refractivity contribution >= 4 is 11.6 Å². The van der Waals surface area contributed by atoms with Gasteiger partial charge in [-0.1, -0.05) is 133 Å². The number of anilines is 1. The van der Waals surface area contributed by atoms with Gasteiger partial charge >= 0.3 is 0 Å². The summed E-state index contributed by atoms with van der Waals surface area (Å²) in [7, 11) is 2.13. The number of aromatic nitrogens is 1. The number of pyridine rings is 1. The van der Waals surface area contributed by atoms with E-state index in [-0.39, 0.29) is 30.6 Å². The average molecular weight is 686 g/mol. The summed E-state index contributed by atoms with van der Waals surface area (Å²) in [6.07, 6.45) is 19.2. The molecule has 2 heterocycles. The minimum absolute atomic E-state index is 0.00859. The van der Waals surface area contributed by atoms with Crippen molar-refractivity contribution in [2.75, 3.05) is 25.5 Å². The maximum absolute atomic E-state index is 12.9. The molecule has 1 amide bonds. The van der Waals surface area contributed by atoms with Gasteiger partial charge in [0.15, 0.2) is 6.29 Å². The summed E-state index contributed by atoms with van der Waals surface area (Å²) in [6.45, 7) is 6.08. The number of hydrogen-bond donors (Lipinski definition) is 2. The van der Waals surface area contributed by atoms with Crippen molar-refractivity contribution in [3.63, 3.8) is 0 Å². The first-order valence-electron chi connectivity index (χ1n) is 19.5. The number of amides is 1. The normalized spacial score (nSPS) is 19.1. The topological polar surface area (TPSA) is 83.9 Å². The second kappa shape index (κ2) is 22.7. The molecule has 1 saturated heterocycles. The first-order chi connectivity index (χ1) is 24.5. The third-order valence-corrected chi connectivity index (χ3v) is 10.0. The molecule has 0 aliphatic carbocycles. The van der Waals surface area contributed by atoms with Crippen LogP contribution in [0.2, 0.25) is 0 Å². The van der Waals surface area contributed by atoms with Crippen molar-refractivity contribution in [3.05, 3.63) is 95.3 Å². The molecule has 4 rings (SSSR count). The van der Waals surface area contributed by atoms with Crippen LogP contribution < -0.4 is 5.32 Å². The van der Waals surface area contributed by atoms with Crippen molar-refractivity contribution < 1.29 is 19.4 Å². The lowest BCUT2D eigenvalue weighted by Crippen LogP contribution is -2.44. The maximum atomic E-state index is 12.9. The molecule has 7 heteroatoms. The lowest BCUT2D eigenvalue weighted by molar-refractivity contribution is -0.275. The van der Waals surface area contributed by atoms with Crippen LogP contribution in [0.15, 0.2) is 72.9 Å². The largest absolute Gasteiger partial charge is 0.392 e. The lowest BCUT2D eigenvalue weighted by atomic mass is 9.90. The van der Waals surface area contributed by atoms with Crippen LogP contribution in [-0.2, 0) is 27.3 Å². The highest BCUT2D eigenvalue weighted by atomic mass is 16.7. The molecule has 2 aromatic carbocycles. The first kappa shape index (κ1) is 39.7. The summed E-state index contributed by atoms with van der Waals surface area (Å²) in [5.41, 5.74) is 4.66. The molecule has 1 aromatic heterocycles. The second-order valence-corrected chi connectivity index (χ2v) is 14.3. The van der Waals surface area contributed by atoms with E-state index in [1.807, 2.05) is 66.9 Å². The molecule has 4 unspecified atom stereocenters. The predicted octanol–water partition coefficient (Wildman–Crippen LogP) is 9.96. The Morgan fingerprint density at radius 1 is 0.820 bits per heavy atom. The molecule has 0 saturated carbocycles. The first-order valence-corrected chi connectivity index (χ1v) is 19.5. The third-order valence-electron chi connectivity index (χ3n) is 10.0. The van der Waals surface area contributed by atoms with E-state index in [0.29, 0.717) is 6.42 Å². The number of carbonyl (C=O) groups is 1. The van der Waals surface area contributed by atoms with E-state index in [4.69, 9.17) is 9.47 Å². The van der Waals surface area contributed by atoms with Gasteiger partial charge in [-0.3, -0.25) is 9.78 Å². The molecule has 2 N–H and O–H groups in total. The Labute approximate surface area is 302 Å². The number of aliphatic hydroxyl groups excluding tert-OH is 1. The number of nitrogens with zero attached hydrogens (tertiary/aromatic N) is 2. The van der Waals surface area contributed by atoms with Gasteiger partial charge in [0.25, 0.3) is 0 Å². The highest BCUT2D eigenvalue weighted by Gasteiger charge is 2.38. The Morgan fingerprint density at radius 2 is 1.50 bits per heavy atom. The molecular formula is C43H63N3O4. The van der Waals surface area contributed by atoms with E-state index >= 15 is 0 Å². The van der Waals surface area contributed by atoms with Crippen molar-refractivity contribution in [2.45, 2.75) is 135 Å². The molecule has 274 valence electrons. The molecule has 0 radical (unpaired) electrons. The quantitative estimate of drug-likeness (QED) is 0.0967. The fraction of sp³-hybridized carbons (Fsp3) is 0.581. The number of rotatable bonds is 23. The van der Waals surface area contributed by atoms with E-state index in [1.165, 1.54) is 70.6 Å². The zero-order valence-corrected chi connectivity index (χ0v) is 31.0. The third kappa shape index (κ3) is 13.9. The van der Waals surface area contributed by atoms with Crippen LogP contribution in [0, 0.1) is 5.92 Å². The Hall–Kier alpha value is -3.10. The molecule has 3 aromatic rings. The zero-order valence-electron chi connectivity index (χ0n) is 31.0. The number of benzene rings is 2. The lowest BCUT2D eigenvalue weighted by Gasteiger charge is -2.42. The van der Waals surface area contributed by atoms with Gasteiger partial charge in [0, 0.05) is 55.0 Å². The average Bonchev–Trinajstić information content (AvgIpc) is 3.14. The fourth-order valence-corrected chi connectivity index (χ4v) is 6.87. The number of likely N-dealkylation sites (N-methyl/N-ethyl adjacent to an activating group) is 1. The van der Waals surface area contributed by atoms with E-state index in [2.05, 4.69) is 42.2 Å².